The van der Waals surface area contributed by atoms with E-state index in [2.05, 4.69) is 5.32 Å². The summed E-state index contributed by atoms with van der Waals surface area (Å²) in [6.07, 6.45) is 0.451. The van der Waals surface area contributed by atoms with Crippen LogP contribution in [0.25, 0.3) is 0 Å². The monoisotopic (exact) mass is 300 g/mol. The number of carbonyl (C=O) groups excluding carboxylic acids is 1. The van der Waals surface area contributed by atoms with Crippen LogP contribution >= 0.6 is 12.4 Å². The van der Waals surface area contributed by atoms with Crippen LogP contribution in [0.1, 0.15) is 38.3 Å². The van der Waals surface area contributed by atoms with E-state index in [0.29, 0.717) is 13.0 Å². The highest BCUT2D eigenvalue weighted by Gasteiger charge is 2.09. The van der Waals surface area contributed by atoms with Gasteiger partial charge in [0.25, 0.3) is 0 Å². The van der Waals surface area contributed by atoms with Gasteiger partial charge >= 0.3 is 0 Å². The minimum atomic E-state index is -0.121. The highest BCUT2D eigenvalue weighted by molar-refractivity contribution is 5.85. The van der Waals surface area contributed by atoms with Crippen LogP contribution in [0.5, 0.6) is 5.75 Å². The van der Waals surface area contributed by atoms with Gasteiger partial charge in [0, 0.05) is 24.6 Å². The van der Waals surface area contributed by atoms with Crippen molar-refractivity contribution in [2.45, 2.75) is 52.8 Å². The lowest BCUT2D eigenvalue weighted by Gasteiger charge is -2.15. The summed E-state index contributed by atoms with van der Waals surface area (Å²) in [5, 5.41) is 2.86. The van der Waals surface area contributed by atoms with Crippen LogP contribution in [0.3, 0.4) is 0 Å². The second-order valence-corrected chi connectivity index (χ2v) is 5.24. The zero-order chi connectivity index (χ0) is 14.4. The minimum Gasteiger partial charge on any atom is -0.491 e. The number of aryl methyl sites for hydroxylation is 1. The number of nitrogens with two attached hydrogens (primary N) is 1. The van der Waals surface area contributed by atoms with E-state index in [1.165, 1.54) is 0 Å². The van der Waals surface area contributed by atoms with Gasteiger partial charge < -0.3 is 15.8 Å². The van der Waals surface area contributed by atoms with Crippen molar-refractivity contribution >= 4 is 18.3 Å². The van der Waals surface area contributed by atoms with Gasteiger partial charge in [-0.25, -0.2) is 0 Å². The number of hydrogen-bond acceptors (Lipinski definition) is 3. The molecule has 1 aromatic rings. The molecule has 4 nitrogen and oxygen atoms in total. The van der Waals surface area contributed by atoms with Crippen molar-refractivity contribution < 1.29 is 9.53 Å². The van der Waals surface area contributed by atoms with Crippen LogP contribution in [-0.4, -0.2) is 18.1 Å². The molecule has 1 aromatic carbocycles. The molecule has 0 saturated heterocycles. The molecule has 0 aliphatic carbocycles. The van der Waals surface area contributed by atoms with Crippen LogP contribution in [0.2, 0.25) is 0 Å². The average Bonchev–Trinajstić information content (AvgIpc) is 2.26. The first-order valence-electron chi connectivity index (χ1n) is 6.67. The van der Waals surface area contributed by atoms with E-state index in [1.807, 2.05) is 45.9 Å². The van der Waals surface area contributed by atoms with E-state index in [0.717, 1.165) is 16.9 Å². The molecule has 20 heavy (non-hydrogen) atoms. The number of benzene rings is 1. The van der Waals surface area contributed by atoms with Crippen molar-refractivity contribution in [2.24, 2.45) is 5.73 Å². The standard InChI is InChI=1S/C15H24N2O2.ClH/c1-10(2)19-14-7-11(3)5-6-13(14)9-17-15(18)8-12(4)16;/h5-7,10,12H,8-9,16H2,1-4H3,(H,17,18);1H. The third-order valence-electron chi connectivity index (χ3n) is 2.57. The molecule has 0 saturated carbocycles. The number of carbonyl (C=O) groups is 1. The smallest absolute Gasteiger partial charge is 0.221 e. The minimum absolute atomic E-state index is 0. The first-order valence-corrected chi connectivity index (χ1v) is 6.67. The van der Waals surface area contributed by atoms with Gasteiger partial charge in [-0.05, 0) is 39.3 Å². The van der Waals surface area contributed by atoms with Crippen LogP contribution in [-0.2, 0) is 11.3 Å². The summed E-state index contributed by atoms with van der Waals surface area (Å²) >= 11 is 0. The molecule has 0 aromatic heterocycles. The topological polar surface area (TPSA) is 64.4 Å². The number of nitrogens with one attached hydrogen (secondary N) is 1. The Hall–Kier alpha value is -1.26. The molecule has 0 aliphatic heterocycles. The molecule has 1 atom stereocenters. The summed E-state index contributed by atoms with van der Waals surface area (Å²) in [5.41, 5.74) is 7.72. The molecule has 1 unspecified atom stereocenters. The van der Waals surface area contributed by atoms with Gasteiger partial charge in [-0.3, -0.25) is 4.79 Å². The Morgan fingerprint density at radius 3 is 2.55 bits per heavy atom. The molecule has 0 radical (unpaired) electrons. The lowest BCUT2D eigenvalue weighted by Crippen LogP contribution is -2.29. The molecule has 0 fully saturated rings. The molecule has 0 aliphatic rings. The maximum Gasteiger partial charge on any atom is 0.221 e. The summed E-state index contributed by atoms with van der Waals surface area (Å²) in [6.45, 7) is 8.28. The summed E-state index contributed by atoms with van der Waals surface area (Å²) in [5.74, 6) is 0.794. The second-order valence-electron chi connectivity index (χ2n) is 5.24. The number of hydrogen-bond donors (Lipinski definition) is 2. The van der Waals surface area contributed by atoms with Crippen molar-refractivity contribution in [1.82, 2.24) is 5.32 Å². The van der Waals surface area contributed by atoms with Gasteiger partial charge in [0.15, 0.2) is 0 Å². The maximum atomic E-state index is 11.6. The van der Waals surface area contributed by atoms with Crippen molar-refractivity contribution in [3.05, 3.63) is 29.3 Å². The van der Waals surface area contributed by atoms with Crippen LogP contribution < -0.4 is 15.8 Å². The quantitative estimate of drug-likeness (QED) is 0.848. The lowest BCUT2D eigenvalue weighted by atomic mass is 10.1. The van der Waals surface area contributed by atoms with Gasteiger partial charge in [-0.2, -0.15) is 0 Å². The van der Waals surface area contributed by atoms with Gasteiger partial charge in [0.05, 0.1) is 6.10 Å². The third-order valence-corrected chi connectivity index (χ3v) is 2.57. The first kappa shape index (κ1) is 18.7. The fraction of sp³-hybridized carbons (Fsp3) is 0.533. The first-order chi connectivity index (χ1) is 8.88. The number of ether oxygens (including phenoxy) is 1. The number of rotatable bonds is 6. The predicted octanol–water partition coefficient (Wildman–Crippen LogP) is 2.56. The Labute approximate surface area is 127 Å². The van der Waals surface area contributed by atoms with Crippen molar-refractivity contribution in [1.29, 1.82) is 0 Å². The van der Waals surface area contributed by atoms with E-state index >= 15 is 0 Å². The summed E-state index contributed by atoms with van der Waals surface area (Å²) < 4.78 is 5.76. The molecule has 0 bridgehead atoms. The van der Waals surface area contributed by atoms with Crippen LogP contribution in [0, 0.1) is 6.92 Å². The molecule has 114 valence electrons. The second kappa shape index (κ2) is 8.82. The van der Waals surface area contributed by atoms with Crippen molar-refractivity contribution in [3.63, 3.8) is 0 Å². The fourth-order valence-electron chi connectivity index (χ4n) is 1.73. The Morgan fingerprint density at radius 1 is 1.35 bits per heavy atom. The molecule has 1 amide bonds. The maximum absolute atomic E-state index is 11.6. The van der Waals surface area contributed by atoms with E-state index in [4.69, 9.17) is 10.5 Å². The Balaban J connectivity index is 0.00000361. The zero-order valence-electron chi connectivity index (χ0n) is 12.6. The Morgan fingerprint density at radius 2 is 2.00 bits per heavy atom. The predicted molar refractivity (Wildman–Crippen MR) is 84.3 cm³/mol. The van der Waals surface area contributed by atoms with Gasteiger partial charge in [0.1, 0.15) is 5.75 Å². The summed E-state index contributed by atoms with van der Waals surface area (Å²) in [6, 6.07) is 5.87. The Bertz CT molecular complexity index is 434. The molecule has 0 heterocycles. The highest BCUT2D eigenvalue weighted by atomic mass is 35.5. The number of halogens is 1. The highest BCUT2D eigenvalue weighted by Crippen LogP contribution is 2.21. The van der Waals surface area contributed by atoms with Gasteiger partial charge in [0.2, 0.25) is 5.91 Å². The van der Waals surface area contributed by atoms with Crippen LogP contribution in [0.4, 0.5) is 0 Å². The summed E-state index contributed by atoms with van der Waals surface area (Å²) in [7, 11) is 0. The van der Waals surface area contributed by atoms with Gasteiger partial charge in [-0.1, -0.05) is 12.1 Å². The van der Waals surface area contributed by atoms with Gasteiger partial charge in [-0.15, -0.1) is 12.4 Å². The van der Waals surface area contributed by atoms with E-state index in [9.17, 15) is 4.79 Å². The molecule has 3 N–H and O–H groups in total. The fourth-order valence-corrected chi connectivity index (χ4v) is 1.73. The van der Waals surface area contributed by atoms with E-state index < -0.39 is 0 Å². The Kier molecular flexibility index (Phi) is 8.26. The number of amides is 1. The lowest BCUT2D eigenvalue weighted by molar-refractivity contribution is -0.121. The third kappa shape index (κ3) is 6.78. The van der Waals surface area contributed by atoms with Crippen LogP contribution in [0.15, 0.2) is 18.2 Å². The van der Waals surface area contributed by atoms with Crippen molar-refractivity contribution in [3.8, 4) is 5.75 Å². The largest absolute Gasteiger partial charge is 0.491 e. The summed E-state index contributed by atoms with van der Waals surface area (Å²) in [4.78, 5) is 11.6. The molecular weight excluding hydrogens is 276 g/mol. The van der Waals surface area contributed by atoms with E-state index in [-0.39, 0.29) is 30.5 Å². The molecular formula is C15H25ClN2O2. The average molecular weight is 301 g/mol. The molecule has 0 spiro atoms. The molecule has 5 heteroatoms. The van der Waals surface area contributed by atoms with E-state index in [1.54, 1.807) is 0 Å². The normalized spacial score (nSPS) is 11.7. The van der Waals surface area contributed by atoms with Crippen molar-refractivity contribution in [2.75, 3.05) is 0 Å². The SMILES string of the molecule is Cc1ccc(CNC(=O)CC(C)N)c(OC(C)C)c1.Cl. The molecule has 1 rings (SSSR count). The zero-order valence-corrected chi connectivity index (χ0v) is 13.4.